The van der Waals surface area contributed by atoms with Crippen molar-refractivity contribution in [1.29, 1.82) is 0 Å². The fraction of sp³-hybridized carbons (Fsp3) is 0.750. The van der Waals surface area contributed by atoms with Gasteiger partial charge in [0, 0.05) is 0 Å². The first-order valence-corrected chi connectivity index (χ1v) is 5.62. The molecule has 2 atom stereocenters. The largest absolute Gasteiger partial charge is 0.345 e. The molecule has 18 heavy (non-hydrogen) atoms. The van der Waals surface area contributed by atoms with Gasteiger partial charge in [0.05, 0.1) is 12.1 Å². The van der Waals surface area contributed by atoms with E-state index in [0.29, 0.717) is 12.8 Å². The summed E-state index contributed by atoms with van der Waals surface area (Å²) in [5.74, 6) is 21.4. The predicted molar refractivity (Wildman–Crippen MR) is 63.5 cm³/mol. The summed E-state index contributed by atoms with van der Waals surface area (Å²) < 4.78 is 0. The monoisotopic (exact) mass is 260 g/mol. The smallest absolute Gasteiger partial charge is 0.275 e. The molecule has 10 nitrogen and oxygen atoms in total. The zero-order valence-electron chi connectivity index (χ0n) is 10.0. The Balaban J connectivity index is 2.79. The van der Waals surface area contributed by atoms with Gasteiger partial charge in [0.15, 0.2) is 0 Å². The van der Waals surface area contributed by atoms with Gasteiger partial charge >= 0.3 is 12.1 Å². The summed E-state index contributed by atoms with van der Waals surface area (Å²) in [4.78, 5) is 22.8. The van der Waals surface area contributed by atoms with Gasteiger partial charge in [-0.2, -0.15) is 0 Å². The molecule has 10 N–H and O–H groups in total. The lowest BCUT2D eigenvalue weighted by Gasteiger charge is -2.40. The number of carbonyl (C=O) groups is 2. The zero-order valence-corrected chi connectivity index (χ0v) is 10.0. The Labute approximate surface area is 104 Å². The van der Waals surface area contributed by atoms with Crippen LogP contribution in [0, 0.1) is 0 Å². The third kappa shape index (κ3) is 2.98. The van der Waals surface area contributed by atoms with Crippen LogP contribution >= 0.6 is 0 Å². The fourth-order valence-electron chi connectivity index (χ4n) is 2.19. The molecule has 0 aromatic heterocycles. The van der Waals surface area contributed by atoms with Crippen LogP contribution in [0.4, 0.5) is 9.59 Å². The molecule has 0 aliphatic heterocycles. The number of hydrazine groups is 4. The van der Waals surface area contributed by atoms with Gasteiger partial charge in [-0.3, -0.25) is 20.9 Å². The maximum absolute atomic E-state index is 11.4. The van der Waals surface area contributed by atoms with E-state index in [1.807, 2.05) is 10.9 Å². The Kier molecular flexibility index (Phi) is 5.09. The maximum Gasteiger partial charge on any atom is 0.345 e. The summed E-state index contributed by atoms with van der Waals surface area (Å²) in [6.07, 6.45) is 3.07. The highest BCUT2D eigenvalue weighted by atomic mass is 16.2. The first-order valence-electron chi connectivity index (χ1n) is 5.62. The van der Waals surface area contributed by atoms with Crippen LogP contribution in [0.15, 0.2) is 0 Å². The molecule has 4 amide bonds. The number of hydrogen-bond donors (Lipinski definition) is 6. The second-order valence-electron chi connectivity index (χ2n) is 4.13. The van der Waals surface area contributed by atoms with Crippen molar-refractivity contribution in [3.05, 3.63) is 0 Å². The first kappa shape index (κ1) is 14.4. The van der Waals surface area contributed by atoms with Crippen LogP contribution in [0.2, 0.25) is 0 Å². The topological polar surface area (TPSA) is 169 Å². The Morgan fingerprint density at radius 1 is 0.889 bits per heavy atom. The standard InChI is InChI=1S/C8H20N8O2/c9-13-7(17)15(11)5-3-1-2-4-6(5)16(12)8(18)14-10/h5-6H,1-4,9-12H2,(H,13,17)(H,14,18). The fourth-order valence-corrected chi connectivity index (χ4v) is 2.19. The average Bonchev–Trinajstić information content (AvgIpc) is 2.43. The molecule has 0 aromatic carbocycles. The van der Waals surface area contributed by atoms with Gasteiger partial charge in [-0.25, -0.2) is 33.0 Å². The predicted octanol–water partition coefficient (Wildman–Crippen LogP) is -2.18. The second kappa shape index (κ2) is 6.35. The summed E-state index contributed by atoms with van der Waals surface area (Å²) in [5.41, 5.74) is 3.88. The summed E-state index contributed by atoms with van der Waals surface area (Å²) in [7, 11) is 0. The molecule has 0 aromatic rings. The third-order valence-electron chi connectivity index (χ3n) is 3.12. The molecule has 0 bridgehead atoms. The third-order valence-corrected chi connectivity index (χ3v) is 3.12. The van der Waals surface area contributed by atoms with Gasteiger partial charge in [0.2, 0.25) is 0 Å². The van der Waals surface area contributed by atoms with E-state index < -0.39 is 24.1 Å². The molecule has 1 aliphatic rings. The number of hydrogen-bond acceptors (Lipinski definition) is 6. The van der Waals surface area contributed by atoms with E-state index in [1.54, 1.807) is 0 Å². The Morgan fingerprint density at radius 3 is 1.50 bits per heavy atom. The van der Waals surface area contributed by atoms with E-state index in [9.17, 15) is 9.59 Å². The van der Waals surface area contributed by atoms with Crippen LogP contribution in [-0.2, 0) is 0 Å². The van der Waals surface area contributed by atoms with Gasteiger partial charge in [0.25, 0.3) is 0 Å². The van der Waals surface area contributed by atoms with Crippen molar-refractivity contribution in [2.75, 3.05) is 0 Å². The number of carbonyl (C=O) groups excluding carboxylic acids is 2. The van der Waals surface area contributed by atoms with E-state index in [2.05, 4.69) is 0 Å². The number of nitrogens with two attached hydrogens (primary N) is 4. The number of amides is 4. The molecular formula is C8H20N8O2. The molecule has 0 radical (unpaired) electrons. The number of nitrogens with zero attached hydrogens (tertiary/aromatic N) is 2. The Bertz CT molecular complexity index is 281. The number of urea groups is 2. The number of nitrogens with one attached hydrogen (secondary N) is 2. The minimum Gasteiger partial charge on any atom is -0.275 e. The molecule has 0 saturated heterocycles. The molecule has 1 rings (SSSR count). The van der Waals surface area contributed by atoms with Gasteiger partial charge < -0.3 is 0 Å². The quantitative estimate of drug-likeness (QED) is 0.187. The Morgan fingerprint density at radius 2 is 1.22 bits per heavy atom. The molecule has 1 fully saturated rings. The minimum atomic E-state index is -0.631. The van der Waals surface area contributed by atoms with E-state index in [1.165, 1.54) is 0 Å². The van der Waals surface area contributed by atoms with Crippen LogP contribution in [0.25, 0.3) is 0 Å². The second-order valence-corrected chi connectivity index (χ2v) is 4.13. The van der Waals surface area contributed by atoms with Crippen molar-refractivity contribution < 1.29 is 9.59 Å². The maximum atomic E-state index is 11.4. The zero-order chi connectivity index (χ0) is 13.7. The highest BCUT2D eigenvalue weighted by molar-refractivity contribution is 5.74. The molecule has 2 unspecified atom stereocenters. The van der Waals surface area contributed by atoms with Gasteiger partial charge in [-0.15, -0.1) is 0 Å². The van der Waals surface area contributed by atoms with Crippen molar-refractivity contribution >= 4 is 12.1 Å². The van der Waals surface area contributed by atoms with Crippen LogP contribution in [0.3, 0.4) is 0 Å². The van der Waals surface area contributed by atoms with Crippen LogP contribution in [-0.4, -0.2) is 34.2 Å². The average molecular weight is 260 g/mol. The SMILES string of the molecule is NNC(=O)N(N)C1CCCCC1N(N)C(=O)NN. The van der Waals surface area contributed by atoms with E-state index >= 15 is 0 Å². The summed E-state index contributed by atoms with van der Waals surface area (Å²) in [5, 5.41) is 1.93. The first-order chi connectivity index (χ1) is 8.52. The normalized spacial score (nSPS) is 23.1. The molecule has 10 heteroatoms. The lowest BCUT2D eigenvalue weighted by atomic mass is 9.89. The summed E-state index contributed by atoms with van der Waals surface area (Å²) >= 11 is 0. The molecule has 1 aliphatic carbocycles. The lowest BCUT2D eigenvalue weighted by molar-refractivity contribution is 0.0796. The van der Waals surface area contributed by atoms with E-state index in [4.69, 9.17) is 23.4 Å². The molecule has 104 valence electrons. The molecular weight excluding hydrogens is 240 g/mol. The van der Waals surface area contributed by atoms with Crippen molar-refractivity contribution in [1.82, 2.24) is 20.9 Å². The molecule has 0 spiro atoms. The number of rotatable bonds is 2. The summed E-state index contributed by atoms with van der Waals surface area (Å²) in [6.45, 7) is 0. The van der Waals surface area contributed by atoms with Crippen molar-refractivity contribution in [2.24, 2.45) is 23.4 Å². The van der Waals surface area contributed by atoms with E-state index in [0.717, 1.165) is 22.9 Å². The minimum absolute atomic E-state index is 0.399. The highest BCUT2D eigenvalue weighted by Crippen LogP contribution is 2.24. The van der Waals surface area contributed by atoms with Crippen LogP contribution in [0.1, 0.15) is 25.7 Å². The lowest BCUT2D eigenvalue weighted by Crippen LogP contribution is -2.64. The van der Waals surface area contributed by atoms with Gasteiger partial charge in [0.1, 0.15) is 0 Å². The van der Waals surface area contributed by atoms with E-state index in [-0.39, 0.29) is 0 Å². The Hall–Kier alpha value is -1.62. The molecule has 1 saturated carbocycles. The highest BCUT2D eigenvalue weighted by Gasteiger charge is 2.36. The van der Waals surface area contributed by atoms with Crippen molar-refractivity contribution in [3.63, 3.8) is 0 Å². The summed E-state index contributed by atoms with van der Waals surface area (Å²) in [6, 6.07) is -2.06. The van der Waals surface area contributed by atoms with Crippen LogP contribution < -0.4 is 34.2 Å². The van der Waals surface area contributed by atoms with Crippen LogP contribution in [0.5, 0.6) is 0 Å². The molecule has 0 heterocycles. The van der Waals surface area contributed by atoms with Gasteiger partial charge in [-0.05, 0) is 12.8 Å². The van der Waals surface area contributed by atoms with Crippen molar-refractivity contribution in [3.8, 4) is 0 Å². The van der Waals surface area contributed by atoms with Crippen molar-refractivity contribution in [2.45, 2.75) is 37.8 Å². The van der Waals surface area contributed by atoms with Gasteiger partial charge in [-0.1, -0.05) is 12.8 Å².